The van der Waals surface area contributed by atoms with Gasteiger partial charge in [-0.05, 0) is 19.1 Å². The minimum atomic E-state index is 0.761. The molecule has 166 valence electrons. The molecule has 2 aromatic rings. The summed E-state index contributed by atoms with van der Waals surface area (Å²) in [6.45, 7) is 13.2. The van der Waals surface area contributed by atoms with Gasteiger partial charge in [0.15, 0.2) is 0 Å². The molecule has 1 aromatic carbocycles. The first-order valence-corrected chi connectivity index (χ1v) is 11.5. The monoisotopic (exact) mass is 423 g/mol. The van der Waals surface area contributed by atoms with Crippen LogP contribution in [0.5, 0.6) is 0 Å². The molecule has 3 saturated heterocycles. The maximum atomic E-state index is 5.56. The fraction of sp³-hybridized carbons (Fsp3) is 0.565. The quantitative estimate of drug-likeness (QED) is 0.791. The topological polar surface area (TPSA) is 60.0 Å². The Kier molecular flexibility index (Phi) is 6.08. The molecule has 0 radical (unpaired) electrons. The maximum Gasteiger partial charge on any atom is 0.229 e. The molecule has 8 nitrogen and oxygen atoms in total. The predicted molar refractivity (Wildman–Crippen MR) is 126 cm³/mol. The molecule has 5 rings (SSSR count). The normalized spacial score (nSPS) is 20.3. The number of morpholine rings is 1. The second-order valence-corrected chi connectivity index (χ2v) is 8.53. The molecule has 0 atom stereocenters. The van der Waals surface area contributed by atoms with E-state index in [4.69, 9.17) is 14.7 Å². The van der Waals surface area contributed by atoms with Gasteiger partial charge in [-0.1, -0.05) is 17.7 Å². The standard InChI is InChI=1S/C23H33N7O/c1-19-2-4-20(5-3-19)27-10-12-28(13-11-27)21-18-22(29-14-16-31-17-15-29)26-23(25-21)30-8-6-24-7-9-30/h2-5,18,24H,6-17H2,1H3. The molecule has 3 aliphatic heterocycles. The van der Waals surface area contributed by atoms with Crippen LogP contribution in [-0.2, 0) is 4.74 Å². The van der Waals surface area contributed by atoms with Crippen LogP contribution in [0, 0.1) is 6.92 Å². The van der Waals surface area contributed by atoms with Gasteiger partial charge in [0.05, 0.1) is 13.2 Å². The first-order valence-electron chi connectivity index (χ1n) is 11.5. The molecule has 8 heteroatoms. The lowest BCUT2D eigenvalue weighted by atomic mass is 10.2. The summed E-state index contributed by atoms with van der Waals surface area (Å²) in [4.78, 5) is 19.5. The summed E-state index contributed by atoms with van der Waals surface area (Å²) < 4.78 is 5.56. The number of rotatable bonds is 4. The van der Waals surface area contributed by atoms with E-state index >= 15 is 0 Å². The molecule has 4 heterocycles. The van der Waals surface area contributed by atoms with E-state index in [-0.39, 0.29) is 0 Å². The highest BCUT2D eigenvalue weighted by atomic mass is 16.5. The number of hydrogen-bond donors (Lipinski definition) is 1. The molecule has 0 saturated carbocycles. The van der Waals surface area contributed by atoms with Gasteiger partial charge in [0.2, 0.25) is 5.95 Å². The number of nitrogens with zero attached hydrogens (tertiary/aromatic N) is 6. The Morgan fingerprint density at radius 3 is 1.94 bits per heavy atom. The molecule has 3 aliphatic rings. The van der Waals surface area contributed by atoms with E-state index in [1.165, 1.54) is 11.3 Å². The van der Waals surface area contributed by atoms with Gasteiger partial charge in [-0.3, -0.25) is 0 Å². The number of ether oxygens (including phenoxy) is 1. The lowest BCUT2D eigenvalue weighted by Gasteiger charge is -2.38. The summed E-state index contributed by atoms with van der Waals surface area (Å²) in [7, 11) is 0. The van der Waals surface area contributed by atoms with E-state index in [9.17, 15) is 0 Å². The minimum absolute atomic E-state index is 0.761. The number of piperazine rings is 2. The van der Waals surface area contributed by atoms with Crippen molar-refractivity contribution in [1.29, 1.82) is 0 Å². The third-order valence-electron chi connectivity index (χ3n) is 6.42. The van der Waals surface area contributed by atoms with E-state index in [1.54, 1.807) is 0 Å². The maximum absolute atomic E-state index is 5.56. The highest BCUT2D eigenvalue weighted by Gasteiger charge is 2.23. The van der Waals surface area contributed by atoms with E-state index in [0.717, 1.165) is 96.2 Å². The third kappa shape index (κ3) is 4.70. The van der Waals surface area contributed by atoms with Crippen molar-refractivity contribution in [2.45, 2.75) is 6.92 Å². The molecule has 1 aromatic heterocycles. The van der Waals surface area contributed by atoms with Crippen LogP contribution in [0.2, 0.25) is 0 Å². The number of anilines is 4. The van der Waals surface area contributed by atoms with Crippen molar-refractivity contribution in [2.75, 3.05) is 98.3 Å². The van der Waals surface area contributed by atoms with Crippen LogP contribution in [0.4, 0.5) is 23.3 Å². The highest BCUT2D eigenvalue weighted by molar-refractivity contribution is 5.57. The molecule has 3 fully saturated rings. The van der Waals surface area contributed by atoms with Gasteiger partial charge in [-0.25, -0.2) is 0 Å². The molecular formula is C23H33N7O. The first kappa shape index (κ1) is 20.3. The molecule has 0 amide bonds. The van der Waals surface area contributed by atoms with Crippen LogP contribution in [0.25, 0.3) is 0 Å². The Bertz CT molecular complexity index is 818. The van der Waals surface area contributed by atoms with E-state index in [1.807, 2.05) is 0 Å². The predicted octanol–water partition coefficient (Wildman–Crippen LogP) is 1.36. The Morgan fingerprint density at radius 1 is 0.710 bits per heavy atom. The lowest BCUT2D eigenvalue weighted by molar-refractivity contribution is 0.122. The Morgan fingerprint density at radius 2 is 1.29 bits per heavy atom. The van der Waals surface area contributed by atoms with Crippen molar-refractivity contribution >= 4 is 23.3 Å². The fourth-order valence-corrected chi connectivity index (χ4v) is 4.48. The Labute approximate surface area is 184 Å². The summed E-state index contributed by atoms with van der Waals surface area (Å²) in [5.41, 5.74) is 2.61. The van der Waals surface area contributed by atoms with Crippen LogP contribution in [0.3, 0.4) is 0 Å². The van der Waals surface area contributed by atoms with E-state index in [0.29, 0.717) is 0 Å². The van der Waals surface area contributed by atoms with Crippen molar-refractivity contribution in [2.24, 2.45) is 0 Å². The second-order valence-electron chi connectivity index (χ2n) is 8.53. The average Bonchev–Trinajstić information content (AvgIpc) is 2.85. The number of aromatic nitrogens is 2. The van der Waals surface area contributed by atoms with Crippen LogP contribution in [0.15, 0.2) is 30.3 Å². The van der Waals surface area contributed by atoms with Crippen molar-refractivity contribution in [1.82, 2.24) is 15.3 Å². The van der Waals surface area contributed by atoms with Gasteiger partial charge in [-0.15, -0.1) is 0 Å². The van der Waals surface area contributed by atoms with Crippen molar-refractivity contribution in [3.63, 3.8) is 0 Å². The van der Waals surface area contributed by atoms with E-state index < -0.39 is 0 Å². The SMILES string of the molecule is Cc1ccc(N2CCN(c3cc(N4CCOCC4)nc(N4CCNCC4)n3)CC2)cc1. The summed E-state index contributed by atoms with van der Waals surface area (Å²) >= 11 is 0. The molecular weight excluding hydrogens is 390 g/mol. The summed E-state index contributed by atoms with van der Waals surface area (Å²) in [6.07, 6.45) is 0. The Hall–Kier alpha value is -2.58. The van der Waals surface area contributed by atoms with Crippen LogP contribution >= 0.6 is 0 Å². The minimum Gasteiger partial charge on any atom is -0.378 e. The zero-order valence-corrected chi connectivity index (χ0v) is 18.5. The lowest BCUT2D eigenvalue weighted by Crippen LogP contribution is -2.47. The molecule has 1 N–H and O–H groups in total. The van der Waals surface area contributed by atoms with Gasteiger partial charge in [0.25, 0.3) is 0 Å². The number of aryl methyl sites for hydroxylation is 1. The summed E-state index contributed by atoms with van der Waals surface area (Å²) in [6, 6.07) is 11.0. The van der Waals surface area contributed by atoms with Gasteiger partial charge >= 0.3 is 0 Å². The largest absolute Gasteiger partial charge is 0.378 e. The molecule has 0 bridgehead atoms. The first-order chi connectivity index (χ1) is 15.3. The van der Waals surface area contributed by atoms with Crippen molar-refractivity contribution in [3.8, 4) is 0 Å². The molecule has 0 aliphatic carbocycles. The zero-order valence-electron chi connectivity index (χ0n) is 18.5. The van der Waals surface area contributed by atoms with E-state index in [2.05, 4.69) is 62.2 Å². The van der Waals surface area contributed by atoms with Crippen molar-refractivity contribution in [3.05, 3.63) is 35.9 Å². The number of hydrogen-bond acceptors (Lipinski definition) is 8. The number of nitrogens with one attached hydrogen (secondary N) is 1. The summed E-state index contributed by atoms with van der Waals surface area (Å²) in [5.74, 6) is 2.94. The van der Waals surface area contributed by atoms with Gasteiger partial charge in [0.1, 0.15) is 11.6 Å². The zero-order chi connectivity index (χ0) is 21.0. The van der Waals surface area contributed by atoms with Crippen LogP contribution in [0.1, 0.15) is 5.56 Å². The smallest absolute Gasteiger partial charge is 0.229 e. The fourth-order valence-electron chi connectivity index (χ4n) is 4.48. The highest BCUT2D eigenvalue weighted by Crippen LogP contribution is 2.26. The third-order valence-corrected chi connectivity index (χ3v) is 6.42. The summed E-state index contributed by atoms with van der Waals surface area (Å²) in [5, 5.41) is 3.42. The van der Waals surface area contributed by atoms with Gasteiger partial charge < -0.3 is 29.7 Å². The average molecular weight is 424 g/mol. The molecule has 0 unspecified atom stereocenters. The van der Waals surface area contributed by atoms with Crippen LogP contribution < -0.4 is 24.9 Å². The molecule has 0 spiro atoms. The Balaban J connectivity index is 1.35. The van der Waals surface area contributed by atoms with Crippen LogP contribution in [-0.4, -0.2) is 88.6 Å². The molecule has 31 heavy (non-hydrogen) atoms. The van der Waals surface area contributed by atoms with Crippen molar-refractivity contribution < 1.29 is 4.74 Å². The number of benzene rings is 1. The second kappa shape index (κ2) is 9.28. The van der Waals surface area contributed by atoms with Gasteiger partial charge in [0, 0.05) is 77.2 Å². The van der Waals surface area contributed by atoms with Gasteiger partial charge in [-0.2, -0.15) is 9.97 Å².